The molecule has 3 aromatic rings. The Morgan fingerprint density at radius 2 is 2.00 bits per heavy atom. The molecule has 0 spiro atoms. The lowest BCUT2D eigenvalue weighted by molar-refractivity contribution is -0.131. The third kappa shape index (κ3) is 3.70. The van der Waals surface area contributed by atoms with E-state index in [1.807, 2.05) is 6.92 Å². The molecular formula is C22H22N6O4. The number of ketones is 1. The van der Waals surface area contributed by atoms with Gasteiger partial charge >= 0.3 is 6.03 Å². The number of nitrogens with one attached hydrogen (secondary N) is 1. The molecule has 2 heterocycles. The third-order valence-corrected chi connectivity index (χ3v) is 5.41. The predicted molar refractivity (Wildman–Crippen MR) is 113 cm³/mol. The Balaban J connectivity index is 1.66. The summed E-state index contributed by atoms with van der Waals surface area (Å²) >= 11 is 0. The van der Waals surface area contributed by atoms with E-state index in [1.165, 1.54) is 17.9 Å². The summed E-state index contributed by atoms with van der Waals surface area (Å²) in [5.41, 5.74) is 1.03. The largest absolute Gasteiger partial charge is 0.494 e. The van der Waals surface area contributed by atoms with E-state index < -0.39 is 17.5 Å². The van der Waals surface area contributed by atoms with Crippen molar-refractivity contribution in [3.63, 3.8) is 0 Å². The minimum Gasteiger partial charge on any atom is -0.494 e. The van der Waals surface area contributed by atoms with E-state index in [1.54, 1.807) is 49.4 Å². The molecule has 1 N–H and O–H groups in total. The average Bonchev–Trinajstić information content (AvgIpc) is 3.39. The summed E-state index contributed by atoms with van der Waals surface area (Å²) in [6.45, 7) is 5.34. The van der Waals surface area contributed by atoms with Crippen LogP contribution in [-0.4, -0.2) is 49.4 Å². The van der Waals surface area contributed by atoms with Crippen LogP contribution in [0.3, 0.4) is 0 Å². The van der Waals surface area contributed by atoms with Gasteiger partial charge in [0.05, 0.1) is 18.8 Å². The molecule has 10 heteroatoms. The standard InChI is InChI=1S/C22H22N6O4/c1-4-32-19-9-8-15(14(2)29)10-16(19)12-27-20(30)22(3,24-21(27)31)17-6-5-7-18(11-17)28-13-23-25-26-28/h5-11,13H,4,12H2,1-3H3,(H,24,31)/t22-/m1/s1. The second-order valence-corrected chi connectivity index (χ2v) is 7.56. The Kier molecular flexibility index (Phi) is 5.43. The number of carbonyl (C=O) groups excluding carboxylic acids is 3. The zero-order chi connectivity index (χ0) is 22.9. The molecule has 1 aliphatic heterocycles. The second-order valence-electron chi connectivity index (χ2n) is 7.56. The van der Waals surface area contributed by atoms with Crippen LogP contribution >= 0.6 is 0 Å². The summed E-state index contributed by atoms with van der Waals surface area (Å²) in [6, 6.07) is 11.5. The highest BCUT2D eigenvalue weighted by atomic mass is 16.5. The zero-order valence-corrected chi connectivity index (χ0v) is 17.9. The quantitative estimate of drug-likeness (QED) is 0.447. The SMILES string of the molecule is CCOc1ccc(C(C)=O)cc1CN1C(=O)N[C@](C)(c2cccc(-n3cnnn3)c2)C1=O. The number of imide groups is 1. The summed E-state index contributed by atoms with van der Waals surface area (Å²) in [5.74, 6) is -0.00447. The van der Waals surface area contributed by atoms with Gasteiger partial charge in [0.2, 0.25) is 0 Å². The lowest BCUT2D eigenvalue weighted by Gasteiger charge is -2.23. The number of Topliss-reactive ketones (excluding diaryl/α,β-unsaturated/α-hetero) is 1. The third-order valence-electron chi connectivity index (χ3n) is 5.41. The smallest absolute Gasteiger partial charge is 0.325 e. The Bertz CT molecular complexity index is 1190. The molecule has 1 aliphatic rings. The Labute approximate surface area is 184 Å². The van der Waals surface area contributed by atoms with Crippen molar-refractivity contribution in [1.29, 1.82) is 0 Å². The van der Waals surface area contributed by atoms with Crippen LogP contribution in [0.25, 0.3) is 5.69 Å². The van der Waals surface area contributed by atoms with Gasteiger partial charge in [-0.05, 0) is 67.1 Å². The van der Waals surface area contributed by atoms with Gasteiger partial charge in [-0.3, -0.25) is 14.5 Å². The van der Waals surface area contributed by atoms with Gasteiger partial charge in [-0.25, -0.2) is 9.48 Å². The topological polar surface area (TPSA) is 119 Å². The van der Waals surface area contributed by atoms with Gasteiger partial charge < -0.3 is 10.1 Å². The van der Waals surface area contributed by atoms with Crippen LogP contribution in [0, 0.1) is 0 Å². The summed E-state index contributed by atoms with van der Waals surface area (Å²) < 4.78 is 7.11. The van der Waals surface area contributed by atoms with Gasteiger partial charge in [-0.2, -0.15) is 0 Å². The first-order valence-corrected chi connectivity index (χ1v) is 10.1. The number of carbonyl (C=O) groups is 3. The Morgan fingerprint density at radius 3 is 2.69 bits per heavy atom. The molecule has 1 atom stereocenters. The van der Waals surface area contributed by atoms with E-state index in [4.69, 9.17) is 4.74 Å². The molecule has 2 aromatic carbocycles. The van der Waals surface area contributed by atoms with Crippen molar-refractivity contribution in [3.05, 3.63) is 65.5 Å². The number of ether oxygens (including phenoxy) is 1. The fraction of sp³-hybridized carbons (Fsp3) is 0.273. The number of nitrogens with zero attached hydrogens (tertiary/aromatic N) is 5. The molecule has 0 aliphatic carbocycles. The van der Waals surface area contributed by atoms with Gasteiger partial charge in [-0.15, -0.1) is 5.10 Å². The van der Waals surface area contributed by atoms with Crippen molar-refractivity contribution >= 4 is 17.7 Å². The molecule has 1 fully saturated rings. The number of benzene rings is 2. The van der Waals surface area contributed by atoms with Gasteiger partial charge in [0.25, 0.3) is 5.91 Å². The summed E-state index contributed by atoms with van der Waals surface area (Å²) in [7, 11) is 0. The van der Waals surface area contributed by atoms with Crippen molar-refractivity contribution in [3.8, 4) is 11.4 Å². The number of rotatable bonds is 7. The lowest BCUT2D eigenvalue weighted by atomic mass is 9.91. The molecule has 164 valence electrons. The Morgan fingerprint density at radius 1 is 1.19 bits per heavy atom. The van der Waals surface area contributed by atoms with Gasteiger partial charge in [0.15, 0.2) is 5.78 Å². The number of urea groups is 1. The van der Waals surface area contributed by atoms with Crippen LogP contribution in [0.4, 0.5) is 4.79 Å². The monoisotopic (exact) mass is 434 g/mol. The molecule has 4 rings (SSSR count). The number of hydrogen-bond acceptors (Lipinski definition) is 7. The first kappa shape index (κ1) is 21.2. The first-order valence-electron chi connectivity index (χ1n) is 10.1. The molecular weight excluding hydrogens is 412 g/mol. The summed E-state index contributed by atoms with van der Waals surface area (Å²) in [6.07, 6.45) is 1.44. The van der Waals surface area contributed by atoms with Crippen molar-refractivity contribution in [1.82, 2.24) is 30.4 Å². The van der Waals surface area contributed by atoms with Crippen LogP contribution in [0.5, 0.6) is 5.75 Å². The number of hydrogen-bond donors (Lipinski definition) is 1. The lowest BCUT2D eigenvalue weighted by Crippen LogP contribution is -2.40. The van der Waals surface area contributed by atoms with Crippen LogP contribution in [0.2, 0.25) is 0 Å². The number of tetrazole rings is 1. The van der Waals surface area contributed by atoms with Crippen LogP contribution in [0.15, 0.2) is 48.8 Å². The van der Waals surface area contributed by atoms with Gasteiger partial charge in [-0.1, -0.05) is 12.1 Å². The molecule has 32 heavy (non-hydrogen) atoms. The van der Waals surface area contributed by atoms with Gasteiger partial charge in [0, 0.05) is 11.1 Å². The molecule has 10 nitrogen and oxygen atoms in total. The average molecular weight is 434 g/mol. The van der Waals surface area contributed by atoms with Gasteiger partial charge in [0.1, 0.15) is 17.6 Å². The number of amides is 3. The highest BCUT2D eigenvalue weighted by molar-refractivity contribution is 6.07. The molecule has 0 saturated carbocycles. The van der Waals surface area contributed by atoms with Crippen LogP contribution in [0.1, 0.15) is 42.3 Å². The fourth-order valence-electron chi connectivity index (χ4n) is 3.66. The fourth-order valence-corrected chi connectivity index (χ4v) is 3.66. The second kappa shape index (κ2) is 8.22. The Hall–Kier alpha value is -4.08. The minimum absolute atomic E-state index is 0.0244. The summed E-state index contributed by atoms with van der Waals surface area (Å²) in [5, 5.41) is 13.9. The van der Waals surface area contributed by atoms with E-state index in [2.05, 4.69) is 20.8 Å². The first-order chi connectivity index (χ1) is 15.3. The highest BCUT2D eigenvalue weighted by Crippen LogP contribution is 2.32. The molecule has 1 aromatic heterocycles. The molecule has 0 radical (unpaired) electrons. The molecule has 1 saturated heterocycles. The zero-order valence-electron chi connectivity index (χ0n) is 17.9. The van der Waals surface area contributed by atoms with Crippen LogP contribution < -0.4 is 10.1 Å². The molecule has 3 amide bonds. The van der Waals surface area contributed by atoms with Crippen molar-refractivity contribution in [2.45, 2.75) is 32.9 Å². The maximum Gasteiger partial charge on any atom is 0.325 e. The maximum atomic E-state index is 13.4. The maximum absolute atomic E-state index is 13.4. The molecule has 0 unspecified atom stereocenters. The normalized spacial score (nSPS) is 18.0. The summed E-state index contributed by atoms with van der Waals surface area (Å²) in [4.78, 5) is 39.2. The van der Waals surface area contributed by atoms with Crippen molar-refractivity contribution in [2.75, 3.05) is 6.61 Å². The van der Waals surface area contributed by atoms with E-state index in [0.717, 1.165) is 4.90 Å². The van der Waals surface area contributed by atoms with E-state index in [0.29, 0.717) is 34.7 Å². The van der Waals surface area contributed by atoms with E-state index in [-0.39, 0.29) is 12.3 Å². The molecule has 0 bridgehead atoms. The number of aromatic nitrogens is 4. The van der Waals surface area contributed by atoms with Crippen molar-refractivity contribution in [2.24, 2.45) is 0 Å². The van der Waals surface area contributed by atoms with E-state index in [9.17, 15) is 14.4 Å². The highest BCUT2D eigenvalue weighted by Gasteiger charge is 2.49. The predicted octanol–water partition coefficient (Wildman–Crippen LogP) is 2.23. The van der Waals surface area contributed by atoms with E-state index >= 15 is 0 Å². The van der Waals surface area contributed by atoms with Crippen molar-refractivity contribution < 1.29 is 19.1 Å². The minimum atomic E-state index is -1.27. The van der Waals surface area contributed by atoms with Crippen LogP contribution in [-0.2, 0) is 16.9 Å².